The molecular formula is C22H24N4O3. The Morgan fingerprint density at radius 3 is 2.72 bits per heavy atom. The molecule has 7 nitrogen and oxygen atoms in total. The molecule has 0 saturated carbocycles. The first-order valence-electron chi connectivity index (χ1n) is 9.65. The van der Waals surface area contributed by atoms with Crippen LogP contribution in [0.4, 0.5) is 4.79 Å². The second kappa shape index (κ2) is 8.68. The van der Waals surface area contributed by atoms with Crippen LogP contribution < -0.4 is 14.8 Å². The van der Waals surface area contributed by atoms with Crippen molar-refractivity contribution in [3.05, 3.63) is 72.1 Å². The summed E-state index contributed by atoms with van der Waals surface area (Å²) in [6, 6.07) is 15.6. The van der Waals surface area contributed by atoms with Crippen molar-refractivity contribution >= 4 is 6.03 Å². The number of amides is 2. The van der Waals surface area contributed by atoms with Crippen LogP contribution in [0.25, 0.3) is 5.69 Å². The summed E-state index contributed by atoms with van der Waals surface area (Å²) in [5.74, 6) is 1.49. The lowest BCUT2D eigenvalue weighted by atomic mass is 10.2. The predicted molar refractivity (Wildman–Crippen MR) is 110 cm³/mol. The molecule has 1 aliphatic rings. The predicted octanol–water partition coefficient (Wildman–Crippen LogP) is 3.03. The van der Waals surface area contributed by atoms with E-state index in [1.807, 2.05) is 65.6 Å². The lowest BCUT2D eigenvalue weighted by molar-refractivity contribution is 0.171. The van der Waals surface area contributed by atoms with Crippen molar-refractivity contribution < 1.29 is 14.3 Å². The topological polar surface area (TPSA) is 68.6 Å². The van der Waals surface area contributed by atoms with Crippen LogP contribution >= 0.6 is 0 Å². The highest BCUT2D eigenvalue weighted by atomic mass is 16.6. The molecule has 0 fully saturated rings. The van der Waals surface area contributed by atoms with E-state index in [1.54, 1.807) is 11.9 Å². The third kappa shape index (κ3) is 4.68. The fraction of sp³-hybridized carbons (Fsp3) is 0.273. The minimum absolute atomic E-state index is 0.115. The van der Waals surface area contributed by atoms with Gasteiger partial charge in [-0.05, 0) is 41.8 Å². The Balaban J connectivity index is 1.26. The molecule has 2 heterocycles. The highest BCUT2D eigenvalue weighted by Gasteiger charge is 2.14. The van der Waals surface area contributed by atoms with E-state index in [9.17, 15) is 4.79 Å². The van der Waals surface area contributed by atoms with Gasteiger partial charge in [0.05, 0.1) is 11.9 Å². The van der Waals surface area contributed by atoms with Crippen molar-refractivity contribution in [2.75, 3.05) is 26.8 Å². The van der Waals surface area contributed by atoms with Gasteiger partial charge >= 0.3 is 6.03 Å². The molecule has 1 aliphatic heterocycles. The quantitative estimate of drug-likeness (QED) is 0.700. The van der Waals surface area contributed by atoms with Gasteiger partial charge in [-0.25, -0.2) is 9.48 Å². The molecule has 0 radical (unpaired) electrons. The van der Waals surface area contributed by atoms with Gasteiger partial charge < -0.3 is 19.7 Å². The third-order valence-electron chi connectivity index (χ3n) is 4.72. The zero-order valence-corrected chi connectivity index (χ0v) is 16.4. The van der Waals surface area contributed by atoms with Crippen LogP contribution in [0.2, 0.25) is 0 Å². The lowest BCUT2D eigenvalue weighted by Gasteiger charge is -2.21. The second-order valence-corrected chi connectivity index (χ2v) is 6.94. The summed E-state index contributed by atoms with van der Waals surface area (Å²) in [6.07, 6.45) is 4.54. The number of nitrogens with zero attached hydrogens (tertiary/aromatic N) is 3. The number of urea groups is 1. The Kier molecular flexibility index (Phi) is 5.65. The van der Waals surface area contributed by atoms with Crippen molar-refractivity contribution in [2.45, 2.75) is 13.0 Å². The van der Waals surface area contributed by atoms with E-state index in [2.05, 4.69) is 10.4 Å². The molecule has 1 aromatic heterocycles. The van der Waals surface area contributed by atoms with Gasteiger partial charge in [-0.15, -0.1) is 0 Å². The maximum Gasteiger partial charge on any atom is 0.317 e. The van der Waals surface area contributed by atoms with Crippen molar-refractivity contribution in [3.63, 3.8) is 0 Å². The van der Waals surface area contributed by atoms with Crippen LogP contribution in [-0.2, 0) is 13.0 Å². The van der Waals surface area contributed by atoms with Crippen LogP contribution in [0, 0.1) is 0 Å². The number of benzene rings is 2. The lowest BCUT2D eigenvalue weighted by Crippen LogP contribution is -2.37. The monoisotopic (exact) mass is 392 g/mol. The van der Waals surface area contributed by atoms with E-state index < -0.39 is 0 Å². The molecule has 0 atom stereocenters. The summed E-state index contributed by atoms with van der Waals surface area (Å²) in [5.41, 5.74) is 3.08. The molecule has 0 aliphatic carbocycles. The fourth-order valence-electron chi connectivity index (χ4n) is 3.19. The molecule has 2 aromatic carbocycles. The Bertz CT molecular complexity index is 971. The highest BCUT2D eigenvalue weighted by molar-refractivity contribution is 5.73. The Morgan fingerprint density at radius 2 is 1.90 bits per heavy atom. The Morgan fingerprint density at radius 1 is 1.10 bits per heavy atom. The van der Waals surface area contributed by atoms with Crippen molar-refractivity contribution in [2.24, 2.45) is 0 Å². The third-order valence-corrected chi connectivity index (χ3v) is 4.72. The van der Waals surface area contributed by atoms with E-state index in [0.29, 0.717) is 26.3 Å². The number of nitrogens with one attached hydrogen (secondary N) is 1. The number of aromatic nitrogens is 2. The average Bonchev–Trinajstić information content (AvgIpc) is 3.23. The van der Waals surface area contributed by atoms with Crippen molar-refractivity contribution in [3.8, 4) is 17.2 Å². The number of carbonyl (C=O) groups excluding carboxylic acids is 1. The smallest absolute Gasteiger partial charge is 0.317 e. The van der Waals surface area contributed by atoms with Crippen LogP contribution in [0.1, 0.15) is 11.1 Å². The molecular weight excluding hydrogens is 368 g/mol. The average molecular weight is 392 g/mol. The van der Waals surface area contributed by atoms with Gasteiger partial charge in [0.1, 0.15) is 13.2 Å². The molecule has 0 spiro atoms. The molecule has 1 N–H and O–H groups in total. The van der Waals surface area contributed by atoms with Gasteiger partial charge in [0.15, 0.2) is 11.5 Å². The van der Waals surface area contributed by atoms with Gasteiger partial charge in [0.2, 0.25) is 0 Å². The second-order valence-electron chi connectivity index (χ2n) is 6.94. The standard InChI is InChI=1S/C22H24N4O3/c1-25(15-17-7-8-20-21(13-17)29-12-11-28-20)22(27)23-10-9-18-14-24-26(16-18)19-5-3-2-4-6-19/h2-8,13-14,16H,9-12,15H2,1H3,(H,23,27). The molecule has 150 valence electrons. The largest absolute Gasteiger partial charge is 0.486 e. The van der Waals surface area contributed by atoms with E-state index in [0.717, 1.165) is 34.7 Å². The van der Waals surface area contributed by atoms with Gasteiger partial charge in [-0.3, -0.25) is 0 Å². The van der Waals surface area contributed by atoms with Crippen LogP contribution in [0.5, 0.6) is 11.5 Å². The summed E-state index contributed by atoms with van der Waals surface area (Å²) in [5, 5.41) is 7.34. The molecule has 2 amide bonds. The first-order chi connectivity index (χ1) is 14.2. The SMILES string of the molecule is CN(Cc1ccc2c(c1)OCCO2)C(=O)NCCc1cnn(-c2ccccc2)c1. The normalized spacial score (nSPS) is 12.4. The summed E-state index contributed by atoms with van der Waals surface area (Å²) >= 11 is 0. The number of fused-ring (bicyclic) bond motifs is 1. The molecule has 0 unspecified atom stereocenters. The van der Waals surface area contributed by atoms with Gasteiger partial charge in [0.25, 0.3) is 0 Å². The molecule has 29 heavy (non-hydrogen) atoms. The minimum Gasteiger partial charge on any atom is -0.486 e. The van der Waals surface area contributed by atoms with Gasteiger partial charge in [-0.1, -0.05) is 24.3 Å². The van der Waals surface area contributed by atoms with Crippen LogP contribution in [0.15, 0.2) is 60.9 Å². The zero-order chi connectivity index (χ0) is 20.1. The number of rotatable bonds is 6. The van der Waals surface area contributed by atoms with Gasteiger partial charge in [-0.2, -0.15) is 5.10 Å². The number of hydrogen-bond donors (Lipinski definition) is 1. The summed E-state index contributed by atoms with van der Waals surface area (Å²) in [6.45, 7) is 2.16. The fourth-order valence-corrected chi connectivity index (χ4v) is 3.19. The van der Waals surface area contributed by atoms with E-state index >= 15 is 0 Å². The van der Waals surface area contributed by atoms with Crippen LogP contribution in [-0.4, -0.2) is 47.5 Å². The number of hydrogen-bond acceptors (Lipinski definition) is 4. The van der Waals surface area contributed by atoms with E-state index in [1.165, 1.54) is 0 Å². The number of carbonyl (C=O) groups is 1. The summed E-state index contributed by atoms with van der Waals surface area (Å²) in [4.78, 5) is 14.0. The molecule has 7 heteroatoms. The Hall–Kier alpha value is -3.48. The molecule has 3 aromatic rings. The van der Waals surface area contributed by atoms with E-state index in [4.69, 9.17) is 9.47 Å². The number of para-hydroxylation sites is 1. The zero-order valence-electron chi connectivity index (χ0n) is 16.4. The summed E-state index contributed by atoms with van der Waals surface area (Å²) < 4.78 is 13.0. The summed E-state index contributed by atoms with van der Waals surface area (Å²) in [7, 11) is 1.78. The minimum atomic E-state index is -0.115. The van der Waals surface area contributed by atoms with Crippen molar-refractivity contribution in [1.29, 1.82) is 0 Å². The van der Waals surface area contributed by atoms with Crippen LogP contribution in [0.3, 0.4) is 0 Å². The number of ether oxygens (including phenoxy) is 2. The van der Waals surface area contributed by atoms with Crippen molar-refractivity contribution in [1.82, 2.24) is 20.0 Å². The van der Waals surface area contributed by atoms with Gasteiger partial charge in [0, 0.05) is 26.3 Å². The maximum absolute atomic E-state index is 12.4. The molecule has 4 rings (SSSR count). The first kappa shape index (κ1) is 18.9. The molecule has 0 bridgehead atoms. The highest BCUT2D eigenvalue weighted by Crippen LogP contribution is 2.31. The maximum atomic E-state index is 12.4. The Labute approximate surface area is 169 Å². The first-order valence-corrected chi connectivity index (χ1v) is 9.65. The molecule has 0 saturated heterocycles. The van der Waals surface area contributed by atoms with E-state index in [-0.39, 0.29) is 6.03 Å².